The van der Waals surface area contributed by atoms with Gasteiger partial charge in [-0.25, -0.2) is 4.98 Å². The van der Waals surface area contributed by atoms with Gasteiger partial charge in [0, 0.05) is 52.1 Å². The number of hydrogen-bond acceptors (Lipinski definition) is 7. The maximum atomic E-state index is 4.84. The number of nitrogens with one attached hydrogen (secondary N) is 3. The number of benzene rings is 2. The molecule has 8 nitrogen and oxygen atoms in total. The van der Waals surface area contributed by atoms with Crippen LogP contribution < -0.4 is 10.6 Å². The number of pyridine rings is 3. The average molecular weight is 581 g/mol. The van der Waals surface area contributed by atoms with Gasteiger partial charge in [0.25, 0.3) is 0 Å². The third-order valence-corrected chi connectivity index (χ3v) is 9.48. The summed E-state index contributed by atoms with van der Waals surface area (Å²) in [5.74, 6) is 1.35. The van der Waals surface area contributed by atoms with Crippen molar-refractivity contribution >= 4 is 44.7 Å². The predicted octanol–water partition coefficient (Wildman–Crippen LogP) is 8.01. The second kappa shape index (κ2) is 10.7. The molecule has 0 spiro atoms. The number of H-pyrrole nitrogens is 1. The van der Waals surface area contributed by atoms with Gasteiger partial charge in [0.1, 0.15) is 5.69 Å². The normalized spacial score (nSPS) is 19.9. The van der Waals surface area contributed by atoms with Gasteiger partial charge in [-0.1, -0.05) is 6.07 Å². The van der Waals surface area contributed by atoms with E-state index < -0.39 is 0 Å². The van der Waals surface area contributed by atoms with E-state index in [0.29, 0.717) is 5.92 Å². The van der Waals surface area contributed by atoms with E-state index >= 15 is 0 Å². The largest absolute Gasteiger partial charge is 0.355 e. The van der Waals surface area contributed by atoms with Gasteiger partial charge in [-0.2, -0.15) is 0 Å². The molecule has 44 heavy (non-hydrogen) atoms. The third-order valence-electron chi connectivity index (χ3n) is 9.48. The topological polar surface area (TPSA) is 94.6 Å². The molecule has 8 rings (SSSR count). The van der Waals surface area contributed by atoms with Crippen LogP contribution in [-0.4, -0.2) is 49.0 Å². The van der Waals surface area contributed by atoms with E-state index in [-0.39, 0.29) is 0 Å². The van der Waals surface area contributed by atoms with Crippen molar-refractivity contribution in [1.82, 2.24) is 29.8 Å². The number of fused-ring (bicyclic) bond motifs is 4. The Hall–Kier alpha value is -4.82. The zero-order valence-corrected chi connectivity index (χ0v) is 25.3. The van der Waals surface area contributed by atoms with Crippen LogP contribution in [0.4, 0.5) is 22.7 Å². The Morgan fingerprint density at radius 1 is 0.750 bits per heavy atom. The van der Waals surface area contributed by atoms with Crippen LogP contribution in [0.1, 0.15) is 48.6 Å². The lowest BCUT2D eigenvalue weighted by Gasteiger charge is -2.36. The number of imidazole rings is 1. The standard InChI is InChI=1S/C36H36N8/c1-21-14-26(12-13-37-21)40-25-5-10-32-35(19-25)43-36(42-32)33-11-6-27(20-38-33)41-34-15-22(2)39-31-9-4-23(18-30(31)34)24-16-28-7-8-29(17-24)44(28)3/h4-6,9-15,18-20,24,28-29H,7-8,16-17H2,1-3H3,(H,37,40)(H,39,41)(H,42,43)/t24?,28-,29?/m1/s1. The van der Waals surface area contributed by atoms with E-state index in [1.807, 2.05) is 49.6 Å². The van der Waals surface area contributed by atoms with Crippen LogP contribution in [0.5, 0.6) is 0 Å². The zero-order valence-electron chi connectivity index (χ0n) is 25.3. The molecule has 2 fully saturated rings. The second-order valence-electron chi connectivity index (χ2n) is 12.5. The summed E-state index contributed by atoms with van der Waals surface area (Å²) >= 11 is 0. The third kappa shape index (κ3) is 5.05. The zero-order chi connectivity index (χ0) is 29.8. The van der Waals surface area contributed by atoms with E-state index in [1.54, 1.807) is 0 Å². The van der Waals surface area contributed by atoms with Gasteiger partial charge in [0.15, 0.2) is 5.82 Å². The van der Waals surface area contributed by atoms with Gasteiger partial charge in [-0.3, -0.25) is 15.0 Å². The Kier molecular flexibility index (Phi) is 6.52. The molecule has 3 N–H and O–H groups in total. The van der Waals surface area contributed by atoms with Crippen molar-refractivity contribution in [3.8, 4) is 11.5 Å². The first-order valence-corrected chi connectivity index (χ1v) is 15.5. The van der Waals surface area contributed by atoms with Gasteiger partial charge in [-0.15, -0.1) is 0 Å². The van der Waals surface area contributed by atoms with E-state index in [4.69, 9.17) is 15.0 Å². The molecular formula is C36H36N8. The van der Waals surface area contributed by atoms with Crippen LogP contribution in [0.2, 0.25) is 0 Å². The summed E-state index contributed by atoms with van der Waals surface area (Å²) in [5.41, 5.74) is 11.0. The molecule has 0 aliphatic carbocycles. The maximum Gasteiger partial charge on any atom is 0.157 e. The Balaban J connectivity index is 1.03. The summed E-state index contributed by atoms with van der Waals surface area (Å²) in [6.45, 7) is 4.04. The molecule has 220 valence electrons. The molecule has 2 saturated heterocycles. The summed E-state index contributed by atoms with van der Waals surface area (Å²) in [6, 6.07) is 24.6. The smallest absolute Gasteiger partial charge is 0.157 e. The molecule has 2 aliphatic rings. The summed E-state index contributed by atoms with van der Waals surface area (Å²) in [6.07, 6.45) is 8.84. The van der Waals surface area contributed by atoms with Crippen LogP contribution in [0.3, 0.4) is 0 Å². The number of nitrogens with zero attached hydrogens (tertiary/aromatic N) is 5. The van der Waals surface area contributed by atoms with Crippen LogP contribution in [0.15, 0.2) is 79.1 Å². The predicted molar refractivity (Wildman–Crippen MR) is 178 cm³/mol. The first-order chi connectivity index (χ1) is 21.4. The van der Waals surface area contributed by atoms with Crippen LogP contribution in [0, 0.1) is 13.8 Å². The number of aromatic nitrogens is 5. The second-order valence-corrected chi connectivity index (χ2v) is 12.5. The van der Waals surface area contributed by atoms with Gasteiger partial charge in [-0.05, 0) is 119 Å². The highest BCUT2D eigenvalue weighted by Crippen LogP contribution is 2.43. The number of piperidine rings is 1. The molecule has 8 heteroatoms. The monoisotopic (exact) mass is 580 g/mol. The Morgan fingerprint density at radius 3 is 2.34 bits per heavy atom. The number of aryl methyl sites for hydroxylation is 2. The molecule has 2 bridgehead atoms. The highest BCUT2D eigenvalue weighted by atomic mass is 15.2. The van der Waals surface area contributed by atoms with E-state index in [1.165, 1.54) is 31.2 Å². The van der Waals surface area contributed by atoms with Gasteiger partial charge in [0.2, 0.25) is 0 Å². The Morgan fingerprint density at radius 2 is 1.55 bits per heavy atom. The SMILES string of the molecule is Cc1cc(Nc2ccc3nc(-c4ccc(Nc5cc(C)nc6ccc(C7CC8CC[C@H](C7)N8C)cc56)cn4)[nH]c3c2)ccn1. The van der Waals surface area contributed by atoms with Crippen molar-refractivity contribution in [2.75, 3.05) is 17.7 Å². The van der Waals surface area contributed by atoms with E-state index in [2.05, 4.69) is 75.9 Å². The number of rotatable bonds is 6. The highest BCUT2D eigenvalue weighted by molar-refractivity contribution is 5.94. The molecule has 3 atom stereocenters. The summed E-state index contributed by atoms with van der Waals surface area (Å²) in [4.78, 5) is 24.7. The molecule has 2 aliphatic heterocycles. The molecule has 0 amide bonds. The van der Waals surface area contributed by atoms with Gasteiger partial charge >= 0.3 is 0 Å². The van der Waals surface area contributed by atoms with Gasteiger partial charge in [0.05, 0.1) is 28.4 Å². The fourth-order valence-corrected chi connectivity index (χ4v) is 7.18. The fourth-order valence-electron chi connectivity index (χ4n) is 7.18. The number of anilines is 4. The van der Waals surface area contributed by atoms with Crippen molar-refractivity contribution in [3.05, 3.63) is 96.1 Å². The van der Waals surface area contributed by atoms with Crippen LogP contribution in [0.25, 0.3) is 33.5 Å². The lowest BCUT2D eigenvalue weighted by molar-refractivity contribution is 0.162. The van der Waals surface area contributed by atoms with Crippen molar-refractivity contribution in [1.29, 1.82) is 0 Å². The minimum absolute atomic E-state index is 0.610. The Labute approximate surface area is 257 Å². The first kappa shape index (κ1) is 26.8. The molecule has 2 unspecified atom stereocenters. The van der Waals surface area contributed by atoms with Crippen LogP contribution in [-0.2, 0) is 0 Å². The molecule has 2 aromatic carbocycles. The first-order valence-electron chi connectivity index (χ1n) is 15.5. The van der Waals surface area contributed by atoms with E-state index in [9.17, 15) is 0 Å². The van der Waals surface area contributed by atoms with Crippen molar-refractivity contribution in [2.45, 2.75) is 57.5 Å². The lowest BCUT2D eigenvalue weighted by Crippen LogP contribution is -2.39. The van der Waals surface area contributed by atoms with Gasteiger partial charge < -0.3 is 20.5 Å². The summed E-state index contributed by atoms with van der Waals surface area (Å²) in [5, 5.41) is 8.25. The quantitative estimate of drug-likeness (QED) is 0.184. The van der Waals surface area contributed by atoms with Crippen LogP contribution >= 0.6 is 0 Å². The summed E-state index contributed by atoms with van der Waals surface area (Å²) < 4.78 is 0. The molecule has 0 radical (unpaired) electrons. The maximum absolute atomic E-state index is 4.84. The molecule has 0 saturated carbocycles. The summed E-state index contributed by atoms with van der Waals surface area (Å²) in [7, 11) is 2.31. The van der Waals surface area contributed by atoms with Crippen molar-refractivity contribution in [2.24, 2.45) is 0 Å². The number of hydrogen-bond donors (Lipinski definition) is 3. The molecule has 4 aromatic heterocycles. The molecular weight excluding hydrogens is 544 g/mol. The minimum atomic E-state index is 0.610. The molecule has 6 heterocycles. The van der Waals surface area contributed by atoms with Crippen molar-refractivity contribution in [3.63, 3.8) is 0 Å². The van der Waals surface area contributed by atoms with Crippen molar-refractivity contribution < 1.29 is 0 Å². The minimum Gasteiger partial charge on any atom is -0.355 e. The number of aromatic amines is 1. The Bertz CT molecular complexity index is 1980. The average Bonchev–Trinajstić information content (AvgIpc) is 3.51. The molecule has 6 aromatic rings. The fraction of sp³-hybridized carbons (Fsp3) is 0.278. The highest BCUT2D eigenvalue weighted by Gasteiger charge is 2.38. The van der Waals surface area contributed by atoms with E-state index in [0.717, 1.165) is 79.7 Å². The lowest BCUT2D eigenvalue weighted by atomic mass is 9.85.